The molecular weight excluding hydrogens is 465 g/mol. The molecule has 0 radical (unpaired) electrons. The number of rotatable bonds is 11. The van der Waals surface area contributed by atoms with Gasteiger partial charge in [0.25, 0.3) is 11.1 Å². The van der Waals surface area contributed by atoms with Crippen molar-refractivity contribution in [1.29, 1.82) is 0 Å². The quantitative estimate of drug-likeness (QED) is 0.162. The smallest absolute Gasteiger partial charge is 0.347 e. The van der Waals surface area contributed by atoms with Crippen molar-refractivity contribution < 1.29 is 28.3 Å². The van der Waals surface area contributed by atoms with Crippen molar-refractivity contribution in [3.63, 3.8) is 0 Å². The number of carbonyl (C=O) groups excluding carboxylic acids is 2. The number of benzene rings is 1. The summed E-state index contributed by atoms with van der Waals surface area (Å²) in [7, 11) is -0.423. The van der Waals surface area contributed by atoms with Crippen molar-refractivity contribution in [2.24, 2.45) is 4.99 Å². The number of ether oxygens (including phenoxy) is 1. The monoisotopic (exact) mass is 493 g/mol. The number of amidine groups is 1. The SMILES string of the molecule is C=C/C=C\C(=NC)N(C)CCOc1ccc(/C=C2/SC(=O)N(CP(=O)(O)OCC)C2=O)cc1. The van der Waals surface area contributed by atoms with Gasteiger partial charge in [0.2, 0.25) is 0 Å². The fraction of sp³-hybridized carbons (Fsp3) is 0.318. The first-order valence-electron chi connectivity index (χ1n) is 10.1. The molecule has 1 fully saturated rings. The normalized spacial score (nSPS) is 17.6. The van der Waals surface area contributed by atoms with Gasteiger partial charge in [-0.05, 0) is 48.5 Å². The maximum Gasteiger partial charge on any atom is 0.347 e. The van der Waals surface area contributed by atoms with E-state index in [0.717, 1.165) is 22.5 Å². The van der Waals surface area contributed by atoms with E-state index in [9.17, 15) is 19.0 Å². The lowest BCUT2D eigenvalue weighted by atomic mass is 10.2. The average molecular weight is 494 g/mol. The summed E-state index contributed by atoms with van der Waals surface area (Å²) in [5, 5.41) is -0.609. The van der Waals surface area contributed by atoms with Crippen LogP contribution in [0.4, 0.5) is 4.79 Å². The van der Waals surface area contributed by atoms with E-state index in [1.54, 1.807) is 50.4 Å². The Morgan fingerprint density at radius 1 is 1.33 bits per heavy atom. The lowest BCUT2D eigenvalue weighted by Gasteiger charge is -2.19. The average Bonchev–Trinajstić information content (AvgIpc) is 3.02. The Morgan fingerprint density at radius 2 is 2.03 bits per heavy atom. The van der Waals surface area contributed by atoms with Crippen LogP contribution in [0.15, 0.2) is 59.0 Å². The molecule has 1 saturated heterocycles. The molecule has 1 heterocycles. The zero-order chi connectivity index (χ0) is 24.4. The first kappa shape index (κ1) is 26.6. The summed E-state index contributed by atoms with van der Waals surface area (Å²) < 4.78 is 22.4. The van der Waals surface area contributed by atoms with Gasteiger partial charge in [-0.2, -0.15) is 0 Å². The molecule has 33 heavy (non-hydrogen) atoms. The van der Waals surface area contributed by atoms with Gasteiger partial charge in [0.1, 0.15) is 24.5 Å². The molecule has 0 saturated carbocycles. The molecule has 1 aliphatic heterocycles. The third-order valence-corrected chi connectivity index (χ3v) is 6.61. The second kappa shape index (κ2) is 12.6. The number of carbonyl (C=O) groups is 2. The summed E-state index contributed by atoms with van der Waals surface area (Å²) in [6, 6.07) is 7.05. The number of thioether (sulfide) groups is 1. The number of hydrogen-bond donors (Lipinski definition) is 1. The van der Waals surface area contributed by atoms with Crippen molar-refractivity contribution in [2.75, 3.05) is 40.1 Å². The molecule has 1 atom stereocenters. The second-order valence-corrected chi connectivity index (χ2v) is 9.63. The van der Waals surface area contributed by atoms with Crippen molar-refractivity contribution in [3.8, 4) is 5.75 Å². The molecule has 2 rings (SSSR count). The first-order valence-corrected chi connectivity index (χ1v) is 12.7. The summed E-state index contributed by atoms with van der Waals surface area (Å²) in [5.41, 5.74) is 0.692. The van der Waals surface area contributed by atoms with Crippen LogP contribution < -0.4 is 4.74 Å². The number of aliphatic imine (C=N–C) groups is 1. The number of hydrogen-bond acceptors (Lipinski definition) is 7. The van der Waals surface area contributed by atoms with Gasteiger partial charge in [0, 0.05) is 14.1 Å². The summed E-state index contributed by atoms with van der Waals surface area (Å²) in [4.78, 5) is 41.4. The van der Waals surface area contributed by atoms with E-state index in [4.69, 9.17) is 9.26 Å². The van der Waals surface area contributed by atoms with Crippen LogP contribution in [0.3, 0.4) is 0 Å². The lowest BCUT2D eigenvalue weighted by Crippen LogP contribution is -2.29. The van der Waals surface area contributed by atoms with Gasteiger partial charge >= 0.3 is 7.60 Å². The van der Waals surface area contributed by atoms with Crippen LogP contribution in [0.5, 0.6) is 5.75 Å². The van der Waals surface area contributed by atoms with Crippen LogP contribution in [-0.2, 0) is 13.9 Å². The standard InChI is InChI=1S/C22H28N3O6PS/c1-5-7-8-20(23-3)24(4)13-14-30-18-11-9-17(10-12-18)15-19-21(26)25(22(27)33-19)16-32(28,29)31-6-2/h5,7-12,15H,1,6,13-14,16H2,2-4H3,(H,28,29)/b8-7-,19-15+,23-20?. The Labute approximate surface area is 198 Å². The molecule has 11 heteroatoms. The van der Waals surface area contributed by atoms with E-state index in [-0.39, 0.29) is 11.5 Å². The van der Waals surface area contributed by atoms with Crippen LogP contribution in [0.2, 0.25) is 0 Å². The summed E-state index contributed by atoms with van der Waals surface area (Å²) >= 11 is 0.718. The van der Waals surface area contributed by atoms with Crippen LogP contribution in [0, 0.1) is 0 Å². The Bertz CT molecular complexity index is 1010. The van der Waals surface area contributed by atoms with Gasteiger partial charge in [-0.15, -0.1) is 0 Å². The van der Waals surface area contributed by atoms with E-state index in [1.165, 1.54) is 0 Å². The van der Waals surface area contributed by atoms with Crippen molar-refractivity contribution in [1.82, 2.24) is 9.80 Å². The number of imide groups is 1. The predicted octanol–water partition coefficient (Wildman–Crippen LogP) is 3.98. The highest BCUT2D eigenvalue weighted by molar-refractivity contribution is 8.18. The molecule has 1 aliphatic rings. The molecule has 0 aliphatic carbocycles. The Morgan fingerprint density at radius 3 is 2.64 bits per heavy atom. The van der Waals surface area contributed by atoms with Gasteiger partial charge in [-0.25, -0.2) is 0 Å². The maximum absolute atomic E-state index is 12.5. The third-order valence-electron chi connectivity index (χ3n) is 4.40. The fourth-order valence-corrected chi connectivity index (χ4v) is 4.83. The molecule has 0 bridgehead atoms. The van der Waals surface area contributed by atoms with Crippen molar-refractivity contribution >= 4 is 42.4 Å². The molecule has 2 amide bonds. The van der Waals surface area contributed by atoms with Gasteiger partial charge in [-0.1, -0.05) is 30.9 Å². The number of nitrogens with zero attached hydrogens (tertiary/aromatic N) is 3. The Hall–Kier alpha value is -2.65. The Balaban J connectivity index is 1.95. The minimum atomic E-state index is -4.06. The van der Waals surface area contributed by atoms with Gasteiger partial charge in [0.05, 0.1) is 18.1 Å². The van der Waals surface area contributed by atoms with E-state index in [0.29, 0.717) is 24.5 Å². The molecule has 178 valence electrons. The van der Waals surface area contributed by atoms with E-state index in [1.807, 2.05) is 24.1 Å². The summed E-state index contributed by atoms with van der Waals surface area (Å²) in [5.74, 6) is 0.839. The lowest BCUT2D eigenvalue weighted by molar-refractivity contribution is -0.122. The zero-order valence-corrected chi connectivity index (χ0v) is 20.6. The summed E-state index contributed by atoms with van der Waals surface area (Å²) in [6.45, 7) is 6.27. The molecule has 0 aromatic heterocycles. The van der Waals surface area contributed by atoms with Gasteiger partial charge in [0.15, 0.2) is 0 Å². The summed E-state index contributed by atoms with van der Waals surface area (Å²) in [6.07, 6.45) is 6.25. The largest absolute Gasteiger partial charge is 0.492 e. The zero-order valence-electron chi connectivity index (χ0n) is 18.8. The van der Waals surface area contributed by atoms with Crippen LogP contribution in [0.1, 0.15) is 12.5 Å². The maximum atomic E-state index is 12.5. The highest BCUT2D eigenvalue weighted by Gasteiger charge is 2.39. The van der Waals surface area contributed by atoms with Gasteiger partial charge < -0.3 is 19.1 Å². The second-order valence-electron chi connectivity index (χ2n) is 6.82. The molecule has 1 unspecified atom stereocenters. The fourth-order valence-electron chi connectivity index (χ4n) is 2.80. The molecule has 9 nitrogen and oxygen atoms in total. The molecule has 1 N–H and O–H groups in total. The van der Waals surface area contributed by atoms with Crippen molar-refractivity contribution in [2.45, 2.75) is 6.92 Å². The first-order chi connectivity index (χ1) is 15.7. The van der Waals surface area contributed by atoms with Crippen LogP contribution in [-0.4, -0.2) is 71.8 Å². The van der Waals surface area contributed by atoms with Crippen molar-refractivity contribution in [3.05, 3.63) is 59.5 Å². The number of amides is 2. The van der Waals surface area contributed by atoms with Crippen LogP contribution >= 0.6 is 19.4 Å². The predicted molar refractivity (Wildman–Crippen MR) is 131 cm³/mol. The van der Waals surface area contributed by atoms with Crippen LogP contribution in [0.25, 0.3) is 6.08 Å². The van der Waals surface area contributed by atoms with E-state index >= 15 is 0 Å². The van der Waals surface area contributed by atoms with E-state index in [2.05, 4.69) is 11.6 Å². The molecule has 0 spiro atoms. The molecule has 1 aromatic rings. The number of allylic oxidation sites excluding steroid dienone is 2. The topological polar surface area (TPSA) is 109 Å². The third kappa shape index (κ3) is 8.01. The molecular formula is C22H28N3O6PS. The highest BCUT2D eigenvalue weighted by atomic mass is 32.2. The number of likely N-dealkylation sites (N-methyl/N-ethyl adjacent to an activating group) is 1. The highest BCUT2D eigenvalue weighted by Crippen LogP contribution is 2.45. The minimum absolute atomic E-state index is 0.00423. The van der Waals surface area contributed by atoms with Gasteiger partial charge in [-0.3, -0.25) is 24.0 Å². The minimum Gasteiger partial charge on any atom is -0.492 e. The van der Waals surface area contributed by atoms with E-state index < -0.39 is 25.0 Å². The Kier molecular flexibility index (Phi) is 10.1. The molecule has 1 aromatic carbocycles.